The van der Waals surface area contributed by atoms with Crippen molar-refractivity contribution in [2.45, 2.75) is 25.2 Å². The van der Waals surface area contributed by atoms with Crippen LogP contribution in [0.25, 0.3) is 0 Å². The summed E-state index contributed by atoms with van der Waals surface area (Å²) < 4.78 is 0. The summed E-state index contributed by atoms with van der Waals surface area (Å²) in [5, 5.41) is 0. The van der Waals surface area contributed by atoms with Crippen LogP contribution in [0.3, 0.4) is 0 Å². The fourth-order valence-electron chi connectivity index (χ4n) is 1.64. The Bertz CT molecular complexity index is 292. The van der Waals surface area contributed by atoms with Crippen molar-refractivity contribution in [1.29, 1.82) is 0 Å². The van der Waals surface area contributed by atoms with Crippen molar-refractivity contribution < 1.29 is 0 Å². The summed E-state index contributed by atoms with van der Waals surface area (Å²) in [6.45, 7) is 2.76. The van der Waals surface area contributed by atoms with E-state index in [4.69, 9.17) is 5.73 Å². The van der Waals surface area contributed by atoms with Crippen molar-refractivity contribution in [2.75, 3.05) is 6.54 Å². The molecule has 12 heavy (non-hydrogen) atoms. The molecule has 0 radical (unpaired) electrons. The lowest BCUT2D eigenvalue weighted by Crippen LogP contribution is -2.22. The van der Waals surface area contributed by atoms with Crippen molar-refractivity contribution in [3.05, 3.63) is 23.8 Å². The van der Waals surface area contributed by atoms with Gasteiger partial charge in [0.1, 0.15) is 6.33 Å². The van der Waals surface area contributed by atoms with Crippen molar-refractivity contribution in [3.8, 4) is 0 Å². The Labute approximate surface area is 72.0 Å². The Morgan fingerprint density at radius 1 is 1.58 bits per heavy atom. The lowest BCUT2D eigenvalue weighted by Gasteiger charge is -2.12. The highest BCUT2D eigenvalue weighted by atomic mass is 14.9. The highest BCUT2D eigenvalue weighted by Crippen LogP contribution is 2.46. The van der Waals surface area contributed by atoms with Crippen LogP contribution in [0.1, 0.15) is 24.1 Å². The molecule has 0 aliphatic heterocycles. The third-order valence-electron chi connectivity index (χ3n) is 2.64. The van der Waals surface area contributed by atoms with Gasteiger partial charge in [0, 0.05) is 18.2 Å². The number of aryl methyl sites for hydroxylation is 1. The molecule has 2 N–H and O–H groups in total. The molecule has 3 heteroatoms. The molecule has 1 aliphatic rings. The molecule has 64 valence electrons. The number of nitrogens with two attached hydrogens (primary N) is 1. The quantitative estimate of drug-likeness (QED) is 0.700. The minimum atomic E-state index is 0.201. The van der Waals surface area contributed by atoms with Crippen LogP contribution in [0, 0.1) is 6.92 Å². The average molecular weight is 163 g/mol. The van der Waals surface area contributed by atoms with E-state index in [9.17, 15) is 0 Å². The molecular weight excluding hydrogens is 150 g/mol. The van der Waals surface area contributed by atoms with Gasteiger partial charge >= 0.3 is 0 Å². The Morgan fingerprint density at radius 2 is 2.33 bits per heavy atom. The van der Waals surface area contributed by atoms with E-state index in [-0.39, 0.29) is 5.41 Å². The van der Waals surface area contributed by atoms with Gasteiger partial charge in [0.05, 0.1) is 5.69 Å². The standard InChI is InChI=1S/C9H13N3/c1-7-4-11-6-12-8(7)9(5-10)2-3-9/h4,6H,2-3,5,10H2,1H3. The van der Waals surface area contributed by atoms with Crippen molar-refractivity contribution in [3.63, 3.8) is 0 Å². The van der Waals surface area contributed by atoms with Crippen molar-refractivity contribution >= 4 is 0 Å². The molecule has 1 saturated carbocycles. The summed E-state index contributed by atoms with van der Waals surface area (Å²) in [6, 6.07) is 0. The predicted octanol–water partition coefficient (Wildman–Crippen LogP) is 0.775. The second kappa shape index (κ2) is 2.52. The van der Waals surface area contributed by atoms with E-state index in [1.165, 1.54) is 18.4 Å². The third-order valence-corrected chi connectivity index (χ3v) is 2.64. The molecule has 1 aliphatic carbocycles. The van der Waals surface area contributed by atoms with Crippen LogP contribution >= 0.6 is 0 Å². The van der Waals surface area contributed by atoms with Crippen LogP contribution in [-0.4, -0.2) is 16.5 Å². The summed E-state index contributed by atoms with van der Waals surface area (Å²) in [5.41, 5.74) is 8.23. The molecule has 0 bridgehead atoms. The van der Waals surface area contributed by atoms with E-state index in [0.29, 0.717) is 6.54 Å². The summed E-state index contributed by atoms with van der Waals surface area (Å²) in [5.74, 6) is 0. The number of rotatable bonds is 2. The normalized spacial score (nSPS) is 19.2. The molecule has 0 saturated heterocycles. The van der Waals surface area contributed by atoms with Crippen molar-refractivity contribution in [2.24, 2.45) is 5.73 Å². The van der Waals surface area contributed by atoms with E-state index in [1.54, 1.807) is 6.33 Å². The lowest BCUT2D eigenvalue weighted by molar-refractivity contribution is 0.668. The van der Waals surface area contributed by atoms with Gasteiger partial charge in [0.15, 0.2) is 0 Å². The van der Waals surface area contributed by atoms with E-state index < -0.39 is 0 Å². The number of nitrogens with zero attached hydrogens (tertiary/aromatic N) is 2. The van der Waals surface area contributed by atoms with Gasteiger partial charge in [-0.1, -0.05) is 0 Å². The molecule has 1 aromatic heterocycles. The molecule has 0 aromatic carbocycles. The fraction of sp³-hybridized carbons (Fsp3) is 0.556. The van der Waals surface area contributed by atoms with Gasteiger partial charge < -0.3 is 5.73 Å². The van der Waals surface area contributed by atoms with Crippen LogP contribution in [0.4, 0.5) is 0 Å². The first-order valence-corrected chi connectivity index (χ1v) is 4.26. The van der Waals surface area contributed by atoms with E-state index in [2.05, 4.69) is 9.97 Å². The zero-order chi connectivity index (χ0) is 8.60. The number of aromatic nitrogens is 2. The second-order valence-corrected chi connectivity index (χ2v) is 3.54. The Morgan fingerprint density at radius 3 is 2.83 bits per heavy atom. The second-order valence-electron chi connectivity index (χ2n) is 3.54. The zero-order valence-electron chi connectivity index (χ0n) is 7.25. The Balaban J connectivity index is 2.40. The first-order chi connectivity index (χ1) is 5.78. The van der Waals surface area contributed by atoms with Gasteiger partial charge in [-0.15, -0.1) is 0 Å². The highest BCUT2D eigenvalue weighted by Gasteiger charge is 2.45. The van der Waals surface area contributed by atoms with Crippen LogP contribution in [-0.2, 0) is 5.41 Å². The van der Waals surface area contributed by atoms with Crippen molar-refractivity contribution in [1.82, 2.24) is 9.97 Å². The topological polar surface area (TPSA) is 51.8 Å². The first-order valence-electron chi connectivity index (χ1n) is 4.26. The van der Waals surface area contributed by atoms with Gasteiger partial charge in [0.25, 0.3) is 0 Å². The summed E-state index contributed by atoms with van der Waals surface area (Å²) in [6.07, 6.45) is 5.83. The SMILES string of the molecule is Cc1cncnc1C1(CN)CC1. The third kappa shape index (κ3) is 1.01. The molecular formula is C9H13N3. The maximum absolute atomic E-state index is 5.71. The first kappa shape index (κ1) is 7.68. The molecule has 2 rings (SSSR count). The predicted molar refractivity (Wildman–Crippen MR) is 46.7 cm³/mol. The molecule has 1 aromatic rings. The molecule has 1 heterocycles. The molecule has 0 spiro atoms. The minimum Gasteiger partial charge on any atom is -0.330 e. The Hall–Kier alpha value is -0.960. The molecule has 0 unspecified atom stereocenters. The number of hydrogen-bond donors (Lipinski definition) is 1. The summed E-state index contributed by atoms with van der Waals surface area (Å²) in [7, 11) is 0. The minimum absolute atomic E-state index is 0.201. The monoisotopic (exact) mass is 163 g/mol. The van der Waals surface area contributed by atoms with E-state index in [0.717, 1.165) is 5.69 Å². The molecule has 0 amide bonds. The average Bonchev–Trinajstić information content (AvgIpc) is 2.86. The summed E-state index contributed by atoms with van der Waals surface area (Å²) in [4.78, 5) is 8.26. The number of hydrogen-bond acceptors (Lipinski definition) is 3. The van der Waals surface area contributed by atoms with E-state index in [1.807, 2.05) is 13.1 Å². The smallest absolute Gasteiger partial charge is 0.115 e. The van der Waals surface area contributed by atoms with E-state index >= 15 is 0 Å². The van der Waals surface area contributed by atoms with Crippen LogP contribution in [0.2, 0.25) is 0 Å². The zero-order valence-corrected chi connectivity index (χ0v) is 7.25. The largest absolute Gasteiger partial charge is 0.330 e. The maximum Gasteiger partial charge on any atom is 0.115 e. The molecule has 3 nitrogen and oxygen atoms in total. The lowest BCUT2D eigenvalue weighted by atomic mass is 9.99. The van der Waals surface area contributed by atoms with Gasteiger partial charge in [-0.25, -0.2) is 9.97 Å². The van der Waals surface area contributed by atoms with Crippen LogP contribution < -0.4 is 5.73 Å². The van der Waals surface area contributed by atoms with Crippen LogP contribution in [0.15, 0.2) is 12.5 Å². The maximum atomic E-state index is 5.71. The highest BCUT2D eigenvalue weighted by molar-refractivity contribution is 5.30. The van der Waals surface area contributed by atoms with Gasteiger partial charge in [-0.05, 0) is 25.3 Å². The van der Waals surface area contributed by atoms with Gasteiger partial charge in [-0.3, -0.25) is 0 Å². The molecule has 1 fully saturated rings. The van der Waals surface area contributed by atoms with Crippen LogP contribution in [0.5, 0.6) is 0 Å². The molecule has 0 atom stereocenters. The Kier molecular flexibility index (Phi) is 1.61. The fourth-order valence-corrected chi connectivity index (χ4v) is 1.64. The summed E-state index contributed by atoms with van der Waals surface area (Å²) >= 11 is 0. The van der Waals surface area contributed by atoms with Gasteiger partial charge in [0.2, 0.25) is 0 Å². The van der Waals surface area contributed by atoms with Gasteiger partial charge in [-0.2, -0.15) is 0 Å².